The number of likely N-dealkylation sites (N-methyl/N-ethyl adjacent to an activating group) is 1. The summed E-state index contributed by atoms with van der Waals surface area (Å²) >= 11 is 1.78. The minimum Gasteiger partial charge on any atom is -0.310 e. The molecule has 1 aromatic heterocycles. The number of rotatable bonds is 7. The van der Waals surface area contributed by atoms with E-state index >= 15 is 0 Å². The van der Waals surface area contributed by atoms with Gasteiger partial charge in [0.1, 0.15) is 0 Å². The fraction of sp³-hybridized carbons (Fsp3) is 0.800. The van der Waals surface area contributed by atoms with Gasteiger partial charge in [0.15, 0.2) is 0 Å². The quantitative estimate of drug-likeness (QED) is 0.779. The van der Waals surface area contributed by atoms with E-state index < -0.39 is 0 Å². The minimum absolute atomic E-state index is 0.175. The van der Waals surface area contributed by atoms with Crippen LogP contribution in [0.15, 0.2) is 5.38 Å². The van der Waals surface area contributed by atoms with E-state index in [2.05, 4.69) is 43.3 Å². The second kappa shape index (κ2) is 6.33. The first-order valence-electron chi connectivity index (χ1n) is 7.40. The van der Waals surface area contributed by atoms with Crippen LogP contribution >= 0.6 is 11.3 Å². The Bertz CT molecular complexity index is 390. The number of thiazole rings is 1. The van der Waals surface area contributed by atoms with Crippen molar-refractivity contribution < 1.29 is 0 Å². The molecule has 1 N–H and O–H groups in total. The molecule has 1 heterocycles. The first kappa shape index (κ1) is 14.9. The van der Waals surface area contributed by atoms with Crippen LogP contribution in [0.1, 0.15) is 51.2 Å². The molecule has 108 valence electrons. The first-order valence-corrected chi connectivity index (χ1v) is 8.28. The maximum Gasteiger partial charge on any atom is 0.0982 e. The van der Waals surface area contributed by atoms with E-state index in [9.17, 15) is 0 Å². The Morgan fingerprint density at radius 1 is 1.42 bits per heavy atom. The zero-order valence-electron chi connectivity index (χ0n) is 12.7. The molecule has 3 nitrogen and oxygen atoms in total. The first-order chi connectivity index (χ1) is 9.00. The monoisotopic (exact) mass is 281 g/mol. The number of hydrogen-bond acceptors (Lipinski definition) is 4. The summed E-state index contributed by atoms with van der Waals surface area (Å²) in [5.41, 5.74) is 1.36. The van der Waals surface area contributed by atoms with E-state index in [0.29, 0.717) is 0 Å². The summed E-state index contributed by atoms with van der Waals surface area (Å²) in [4.78, 5) is 7.29. The molecule has 1 saturated carbocycles. The molecule has 0 atom stereocenters. The largest absolute Gasteiger partial charge is 0.310 e. The molecule has 1 aliphatic rings. The Hall–Kier alpha value is -0.450. The van der Waals surface area contributed by atoms with Crippen LogP contribution in [0.25, 0.3) is 0 Å². The summed E-state index contributed by atoms with van der Waals surface area (Å²) in [5.74, 6) is 0. The van der Waals surface area contributed by atoms with Crippen LogP contribution in [-0.2, 0) is 12.0 Å². The lowest BCUT2D eigenvalue weighted by atomic mass is 9.98. The van der Waals surface area contributed by atoms with Crippen LogP contribution in [0.5, 0.6) is 0 Å². The molecule has 1 aliphatic carbocycles. The van der Waals surface area contributed by atoms with Gasteiger partial charge in [-0.25, -0.2) is 4.98 Å². The molecule has 0 bridgehead atoms. The molecule has 0 unspecified atom stereocenters. The summed E-state index contributed by atoms with van der Waals surface area (Å²) in [7, 11) is 0. The normalized spacial score (nSPS) is 16.3. The van der Waals surface area contributed by atoms with Crippen molar-refractivity contribution in [3.8, 4) is 0 Å². The van der Waals surface area contributed by atoms with Crippen molar-refractivity contribution in [3.63, 3.8) is 0 Å². The van der Waals surface area contributed by atoms with Gasteiger partial charge in [-0.1, -0.05) is 27.7 Å². The number of aromatic nitrogens is 1. The van der Waals surface area contributed by atoms with Gasteiger partial charge in [-0.3, -0.25) is 4.90 Å². The minimum atomic E-state index is 0.175. The van der Waals surface area contributed by atoms with Gasteiger partial charge in [-0.15, -0.1) is 11.3 Å². The van der Waals surface area contributed by atoms with Crippen LogP contribution in [-0.4, -0.2) is 35.6 Å². The smallest absolute Gasteiger partial charge is 0.0982 e. The van der Waals surface area contributed by atoms with Gasteiger partial charge in [0.25, 0.3) is 0 Å². The van der Waals surface area contributed by atoms with E-state index in [0.717, 1.165) is 25.7 Å². The third kappa shape index (κ3) is 4.55. The predicted octanol–water partition coefficient (Wildman–Crippen LogP) is 3.01. The lowest BCUT2D eigenvalue weighted by Gasteiger charge is -2.19. The standard InChI is InChI=1S/C15H27N3S/c1-5-18(13-6-7-13)9-8-16-10-12-11-19-14(17-12)15(2,3)4/h11,13,16H,5-10H2,1-4H3. The summed E-state index contributed by atoms with van der Waals surface area (Å²) in [5, 5.41) is 6.94. The van der Waals surface area contributed by atoms with Gasteiger partial charge in [0, 0.05) is 36.5 Å². The number of nitrogens with zero attached hydrogens (tertiary/aromatic N) is 2. The van der Waals surface area contributed by atoms with E-state index in [4.69, 9.17) is 4.98 Å². The van der Waals surface area contributed by atoms with E-state index in [1.807, 2.05) is 0 Å². The molecule has 0 aromatic carbocycles. The molecule has 19 heavy (non-hydrogen) atoms. The van der Waals surface area contributed by atoms with Crippen LogP contribution < -0.4 is 5.32 Å². The fourth-order valence-electron chi connectivity index (χ4n) is 2.21. The Kier molecular flexibility index (Phi) is 4.98. The average molecular weight is 281 g/mol. The lowest BCUT2D eigenvalue weighted by molar-refractivity contribution is 0.277. The zero-order valence-corrected chi connectivity index (χ0v) is 13.5. The van der Waals surface area contributed by atoms with Crippen molar-refractivity contribution in [2.45, 2.75) is 58.5 Å². The molecule has 0 amide bonds. The van der Waals surface area contributed by atoms with Crippen molar-refractivity contribution in [2.75, 3.05) is 19.6 Å². The highest BCUT2D eigenvalue weighted by Gasteiger charge is 2.27. The maximum absolute atomic E-state index is 4.71. The van der Waals surface area contributed by atoms with Gasteiger partial charge >= 0.3 is 0 Å². The fourth-order valence-corrected chi connectivity index (χ4v) is 3.12. The van der Waals surface area contributed by atoms with Crippen molar-refractivity contribution in [3.05, 3.63) is 16.1 Å². The summed E-state index contributed by atoms with van der Waals surface area (Å²) < 4.78 is 0. The van der Waals surface area contributed by atoms with Crippen molar-refractivity contribution >= 4 is 11.3 Å². The SMILES string of the molecule is CCN(CCNCc1csc(C(C)(C)C)n1)C1CC1. The van der Waals surface area contributed by atoms with Gasteiger partial charge in [0.2, 0.25) is 0 Å². The second-order valence-electron chi connectivity index (χ2n) is 6.43. The Labute approximate surface area is 121 Å². The predicted molar refractivity (Wildman–Crippen MR) is 82.8 cm³/mol. The van der Waals surface area contributed by atoms with Gasteiger partial charge in [-0.05, 0) is 19.4 Å². The van der Waals surface area contributed by atoms with Gasteiger partial charge in [-0.2, -0.15) is 0 Å². The molecule has 0 aliphatic heterocycles. The molecule has 1 fully saturated rings. The van der Waals surface area contributed by atoms with Gasteiger partial charge < -0.3 is 5.32 Å². The Morgan fingerprint density at radius 3 is 2.68 bits per heavy atom. The van der Waals surface area contributed by atoms with Crippen LogP contribution in [0.2, 0.25) is 0 Å². The van der Waals surface area contributed by atoms with Crippen LogP contribution in [0, 0.1) is 0 Å². The van der Waals surface area contributed by atoms with Crippen LogP contribution in [0.3, 0.4) is 0 Å². The molecule has 0 saturated heterocycles. The third-order valence-electron chi connectivity index (χ3n) is 3.54. The highest BCUT2D eigenvalue weighted by Crippen LogP contribution is 2.26. The van der Waals surface area contributed by atoms with E-state index in [1.54, 1.807) is 11.3 Å². The topological polar surface area (TPSA) is 28.2 Å². The molecule has 1 aromatic rings. The van der Waals surface area contributed by atoms with Crippen LogP contribution in [0.4, 0.5) is 0 Å². The number of nitrogens with one attached hydrogen (secondary N) is 1. The molecular weight excluding hydrogens is 254 g/mol. The summed E-state index contributed by atoms with van der Waals surface area (Å²) in [6.07, 6.45) is 2.80. The van der Waals surface area contributed by atoms with Gasteiger partial charge in [0.05, 0.1) is 10.7 Å². The van der Waals surface area contributed by atoms with Crippen molar-refractivity contribution in [1.82, 2.24) is 15.2 Å². The molecular formula is C15H27N3S. The average Bonchev–Trinajstić information content (AvgIpc) is 3.05. The zero-order chi connectivity index (χ0) is 13.9. The van der Waals surface area contributed by atoms with E-state index in [-0.39, 0.29) is 5.41 Å². The highest BCUT2D eigenvalue weighted by atomic mass is 32.1. The van der Waals surface area contributed by atoms with E-state index in [1.165, 1.54) is 30.1 Å². The Morgan fingerprint density at radius 2 is 2.16 bits per heavy atom. The third-order valence-corrected chi connectivity index (χ3v) is 4.86. The molecule has 0 radical (unpaired) electrons. The second-order valence-corrected chi connectivity index (χ2v) is 7.29. The maximum atomic E-state index is 4.71. The summed E-state index contributed by atoms with van der Waals surface area (Å²) in [6.45, 7) is 13.2. The number of hydrogen-bond donors (Lipinski definition) is 1. The Balaban J connectivity index is 1.69. The van der Waals surface area contributed by atoms with Crippen molar-refractivity contribution in [1.29, 1.82) is 0 Å². The molecule has 4 heteroatoms. The molecule has 0 spiro atoms. The lowest BCUT2D eigenvalue weighted by Crippen LogP contribution is -2.33. The molecule has 2 rings (SSSR count). The van der Waals surface area contributed by atoms with Crippen molar-refractivity contribution in [2.24, 2.45) is 0 Å². The highest BCUT2D eigenvalue weighted by molar-refractivity contribution is 7.09. The summed E-state index contributed by atoms with van der Waals surface area (Å²) in [6, 6.07) is 0.874.